The minimum absolute atomic E-state index is 0.228. The van der Waals surface area contributed by atoms with Gasteiger partial charge in [-0.05, 0) is 20.3 Å². The standard InChI is InChI=1S/C12H23O4P/c1-4-7-8-9-10-11-12(13)17(14,15-5-2)16-6-3/h12-13H,4-9H2,1-3H3. The molecule has 0 aliphatic carbocycles. The number of aliphatic hydroxyl groups excluding tert-OH is 1. The van der Waals surface area contributed by atoms with Crippen LogP contribution < -0.4 is 0 Å². The summed E-state index contributed by atoms with van der Waals surface area (Å²) >= 11 is 0. The van der Waals surface area contributed by atoms with Gasteiger partial charge >= 0.3 is 7.60 Å². The van der Waals surface area contributed by atoms with Crippen molar-refractivity contribution in [1.29, 1.82) is 0 Å². The van der Waals surface area contributed by atoms with Crippen molar-refractivity contribution in [2.75, 3.05) is 13.2 Å². The molecule has 0 aliphatic heterocycles. The Kier molecular flexibility index (Phi) is 9.49. The van der Waals surface area contributed by atoms with Gasteiger partial charge in [-0.2, -0.15) is 0 Å². The third kappa shape index (κ3) is 6.85. The van der Waals surface area contributed by atoms with E-state index in [1.165, 1.54) is 0 Å². The quantitative estimate of drug-likeness (QED) is 0.415. The molecule has 100 valence electrons. The van der Waals surface area contributed by atoms with Crippen LogP contribution in [-0.4, -0.2) is 24.2 Å². The minimum atomic E-state index is -3.48. The lowest BCUT2D eigenvalue weighted by molar-refractivity contribution is 0.172. The average molecular weight is 262 g/mol. The second kappa shape index (κ2) is 9.67. The van der Waals surface area contributed by atoms with Crippen molar-refractivity contribution in [3.05, 3.63) is 0 Å². The molecule has 0 aromatic rings. The molecule has 0 spiro atoms. The molecule has 0 amide bonds. The molecule has 1 N–H and O–H groups in total. The Balaban J connectivity index is 4.31. The second-order valence-electron chi connectivity index (χ2n) is 3.53. The van der Waals surface area contributed by atoms with E-state index in [1.807, 2.05) is 0 Å². The molecular weight excluding hydrogens is 239 g/mol. The van der Waals surface area contributed by atoms with Gasteiger partial charge in [-0.15, -0.1) is 0 Å². The molecular formula is C12H23O4P. The lowest BCUT2D eigenvalue weighted by Crippen LogP contribution is -2.10. The van der Waals surface area contributed by atoms with Crippen LogP contribution >= 0.6 is 7.60 Å². The number of aliphatic hydroxyl groups is 1. The fourth-order valence-corrected chi connectivity index (χ4v) is 2.57. The molecule has 0 radical (unpaired) electrons. The average Bonchev–Trinajstić information content (AvgIpc) is 2.29. The van der Waals surface area contributed by atoms with E-state index in [4.69, 9.17) is 9.05 Å². The predicted octanol–water partition coefficient (Wildman–Crippen LogP) is 3.15. The van der Waals surface area contributed by atoms with Crippen LogP contribution in [0.25, 0.3) is 0 Å². The maximum absolute atomic E-state index is 12.0. The predicted molar refractivity (Wildman–Crippen MR) is 68.8 cm³/mol. The highest BCUT2D eigenvalue weighted by atomic mass is 31.2. The second-order valence-corrected chi connectivity index (χ2v) is 5.61. The number of hydrogen-bond acceptors (Lipinski definition) is 4. The zero-order valence-electron chi connectivity index (χ0n) is 10.9. The van der Waals surface area contributed by atoms with Gasteiger partial charge in [0.05, 0.1) is 13.2 Å². The van der Waals surface area contributed by atoms with Crippen molar-refractivity contribution in [2.45, 2.75) is 52.3 Å². The highest BCUT2D eigenvalue weighted by molar-refractivity contribution is 7.54. The summed E-state index contributed by atoms with van der Waals surface area (Å²) in [5.41, 5.74) is 0. The summed E-state index contributed by atoms with van der Waals surface area (Å²) in [6.07, 6.45) is 3.92. The van der Waals surface area contributed by atoms with E-state index in [2.05, 4.69) is 18.8 Å². The van der Waals surface area contributed by atoms with Gasteiger partial charge in [-0.25, -0.2) is 0 Å². The molecule has 1 unspecified atom stereocenters. The smallest absolute Gasteiger partial charge is 0.370 e. The Morgan fingerprint density at radius 1 is 1.18 bits per heavy atom. The Hall–Kier alpha value is -0.330. The monoisotopic (exact) mass is 262 g/mol. The zero-order valence-corrected chi connectivity index (χ0v) is 11.8. The van der Waals surface area contributed by atoms with Gasteiger partial charge < -0.3 is 14.2 Å². The normalized spacial score (nSPS) is 12.9. The zero-order chi connectivity index (χ0) is 13.1. The van der Waals surface area contributed by atoms with Gasteiger partial charge in [0, 0.05) is 6.42 Å². The summed E-state index contributed by atoms with van der Waals surface area (Å²) in [7, 11) is -3.48. The molecule has 0 bridgehead atoms. The first kappa shape index (κ1) is 16.7. The van der Waals surface area contributed by atoms with Crippen LogP contribution in [0.4, 0.5) is 0 Å². The van der Waals surface area contributed by atoms with Crippen LogP contribution in [0.1, 0.15) is 46.5 Å². The van der Waals surface area contributed by atoms with E-state index in [0.717, 1.165) is 19.3 Å². The van der Waals surface area contributed by atoms with Crippen molar-refractivity contribution >= 4 is 7.60 Å². The molecule has 0 aliphatic rings. The van der Waals surface area contributed by atoms with Crippen molar-refractivity contribution in [1.82, 2.24) is 0 Å². The topological polar surface area (TPSA) is 55.8 Å². The van der Waals surface area contributed by atoms with Crippen LogP contribution in [-0.2, 0) is 13.6 Å². The molecule has 0 aromatic carbocycles. The maximum Gasteiger partial charge on any atom is 0.371 e. The van der Waals surface area contributed by atoms with Crippen LogP contribution in [0.15, 0.2) is 0 Å². The van der Waals surface area contributed by atoms with E-state index in [9.17, 15) is 9.67 Å². The Bertz CT molecular complexity index is 283. The Labute approximate surface area is 104 Å². The van der Waals surface area contributed by atoms with Crippen LogP contribution in [0, 0.1) is 11.8 Å². The van der Waals surface area contributed by atoms with Gasteiger partial charge in [0.2, 0.25) is 5.85 Å². The lowest BCUT2D eigenvalue weighted by Gasteiger charge is -2.18. The third-order valence-corrected chi connectivity index (χ3v) is 4.02. The van der Waals surface area contributed by atoms with E-state index in [1.54, 1.807) is 13.8 Å². The largest absolute Gasteiger partial charge is 0.371 e. The van der Waals surface area contributed by atoms with E-state index in [0.29, 0.717) is 6.42 Å². The number of unbranched alkanes of at least 4 members (excludes halogenated alkanes) is 3. The fraction of sp³-hybridized carbons (Fsp3) is 0.833. The number of rotatable bonds is 8. The molecule has 1 atom stereocenters. The van der Waals surface area contributed by atoms with Gasteiger partial charge in [-0.1, -0.05) is 31.6 Å². The van der Waals surface area contributed by atoms with E-state index < -0.39 is 13.4 Å². The first-order valence-corrected chi connectivity index (χ1v) is 7.77. The first-order chi connectivity index (χ1) is 8.10. The molecule has 4 nitrogen and oxygen atoms in total. The molecule has 17 heavy (non-hydrogen) atoms. The van der Waals surface area contributed by atoms with E-state index in [-0.39, 0.29) is 13.2 Å². The lowest BCUT2D eigenvalue weighted by atomic mass is 10.2. The van der Waals surface area contributed by atoms with Gasteiger partial charge in [0.25, 0.3) is 0 Å². The van der Waals surface area contributed by atoms with Crippen molar-refractivity contribution < 1.29 is 18.7 Å². The SMILES string of the molecule is CCCCCC#CC(O)P(=O)(OCC)OCC. The number of hydrogen-bond donors (Lipinski definition) is 1. The Morgan fingerprint density at radius 2 is 1.76 bits per heavy atom. The summed E-state index contributed by atoms with van der Waals surface area (Å²) in [5.74, 6) is 4.01. The van der Waals surface area contributed by atoms with Gasteiger partial charge in [0.15, 0.2) is 0 Å². The molecule has 0 rings (SSSR count). The van der Waals surface area contributed by atoms with Crippen molar-refractivity contribution in [3.8, 4) is 11.8 Å². The molecule has 5 heteroatoms. The van der Waals surface area contributed by atoms with Crippen LogP contribution in [0.2, 0.25) is 0 Å². The minimum Gasteiger partial charge on any atom is -0.370 e. The molecule has 0 heterocycles. The summed E-state index contributed by atoms with van der Waals surface area (Å²) in [5, 5.41) is 9.70. The molecule has 0 fully saturated rings. The van der Waals surface area contributed by atoms with Gasteiger partial charge in [0.1, 0.15) is 0 Å². The van der Waals surface area contributed by atoms with Crippen LogP contribution in [0.3, 0.4) is 0 Å². The van der Waals surface area contributed by atoms with Crippen molar-refractivity contribution in [3.63, 3.8) is 0 Å². The summed E-state index contributed by atoms with van der Waals surface area (Å²) in [6, 6.07) is 0. The highest BCUT2D eigenvalue weighted by Gasteiger charge is 2.32. The van der Waals surface area contributed by atoms with Gasteiger partial charge in [-0.3, -0.25) is 4.57 Å². The van der Waals surface area contributed by atoms with E-state index >= 15 is 0 Å². The summed E-state index contributed by atoms with van der Waals surface area (Å²) in [4.78, 5) is 0. The first-order valence-electron chi connectivity index (χ1n) is 6.16. The molecule has 0 saturated carbocycles. The fourth-order valence-electron chi connectivity index (χ4n) is 1.24. The summed E-state index contributed by atoms with van der Waals surface area (Å²) < 4.78 is 22.0. The maximum atomic E-state index is 12.0. The highest BCUT2D eigenvalue weighted by Crippen LogP contribution is 2.51. The Morgan fingerprint density at radius 3 is 2.24 bits per heavy atom. The van der Waals surface area contributed by atoms with Crippen molar-refractivity contribution in [2.24, 2.45) is 0 Å². The molecule has 0 saturated heterocycles. The van der Waals surface area contributed by atoms with Crippen LogP contribution in [0.5, 0.6) is 0 Å². The summed E-state index contributed by atoms with van der Waals surface area (Å²) in [6.45, 7) is 5.97. The third-order valence-electron chi connectivity index (χ3n) is 2.05. The molecule has 0 aromatic heterocycles.